The zero-order chi connectivity index (χ0) is 27.0. The molecule has 0 spiro atoms. The maximum Gasteiger partial charge on any atom is 0.415 e. The second-order valence-corrected chi connectivity index (χ2v) is 8.90. The highest BCUT2D eigenvalue weighted by atomic mass is 16.6. The van der Waals surface area contributed by atoms with Gasteiger partial charge in [0, 0.05) is 19.6 Å². The number of carbonyl (C=O) groups excluding carboxylic acids is 1. The van der Waals surface area contributed by atoms with Crippen LogP contribution in [0.5, 0.6) is 17.2 Å². The normalized spacial score (nSPS) is 11.6. The number of carboxylic acids is 1. The van der Waals surface area contributed by atoms with Crippen LogP contribution in [-0.4, -0.2) is 61.6 Å². The Balaban J connectivity index is 1.96. The predicted molar refractivity (Wildman–Crippen MR) is 143 cm³/mol. The number of amides is 1. The van der Waals surface area contributed by atoms with E-state index in [0.29, 0.717) is 43.6 Å². The molecule has 1 unspecified atom stereocenters. The Labute approximate surface area is 220 Å². The van der Waals surface area contributed by atoms with Gasteiger partial charge in [-0.2, -0.15) is 0 Å². The topological polar surface area (TPSA) is 94.5 Å². The van der Waals surface area contributed by atoms with Crippen molar-refractivity contribution in [3.05, 3.63) is 53.6 Å². The molecule has 0 aliphatic carbocycles. The number of unbranched alkanes of at least 4 members (excludes halogenated alkanes) is 4. The molecular weight excluding hydrogens is 474 g/mol. The van der Waals surface area contributed by atoms with E-state index in [1.807, 2.05) is 25.1 Å². The molecule has 0 saturated carbocycles. The first kappa shape index (κ1) is 30.0. The minimum atomic E-state index is -0.980. The van der Waals surface area contributed by atoms with E-state index in [0.717, 1.165) is 36.8 Å². The van der Waals surface area contributed by atoms with E-state index in [9.17, 15) is 14.7 Å². The molecule has 2 aromatic carbocycles. The molecule has 0 saturated heterocycles. The van der Waals surface area contributed by atoms with Crippen molar-refractivity contribution in [1.29, 1.82) is 0 Å². The van der Waals surface area contributed by atoms with Gasteiger partial charge in [0.15, 0.2) is 17.6 Å². The number of rotatable bonds is 17. The summed E-state index contributed by atoms with van der Waals surface area (Å²) in [5.74, 6) is 0.565. The second-order valence-electron chi connectivity index (χ2n) is 8.90. The maximum atomic E-state index is 13.0. The van der Waals surface area contributed by atoms with Crippen molar-refractivity contribution in [3.8, 4) is 17.2 Å². The molecule has 2 rings (SSSR count). The van der Waals surface area contributed by atoms with E-state index in [4.69, 9.17) is 18.9 Å². The second kappa shape index (κ2) is 16.5. The van der Waals surface area contributed by atoms with Gasteiger partial charge in [0.05, 0.1) is 13.7 Å². The third-order valence-electron chi connectivity index (χ3n) is 5.92. The Morgan fingerprint density at radius 2 is 1.68 bits per heavy atom. The lowest BCUT2D eigenvalue weighted by Gasteiger charge is -2.23. The van der Waals surface area contributed by atoms with Crippen LogP contribution in [0.4, 0.5) is 4.79 Å². The molecule has 1 amide bonds. The molecule has 2 aromatic rings. The van der Waals surface area contributed by atoms with E-state index >= 15 is 0 Å². The number of carbonyl (C=O) groups is 2. The number of aryl methyl sites for hydroxylation is 1. The zero-order valence-corrected chi connectivity index (χ0v) is 22.5. The molecule has 0 aliphatic rings. The summed E-state index contributed by atoms with van der Waals surface area (Å²) in [5.41, 5.74) is 1.81. The number of benzene rings is 2. The van der Waals surface area contributed by atoms with Gasteiger partial charge in [0.1, 0.15) is 12.4 Å². The SMILES string of the molecule is CCCCCCCN(CCOc1ccc(CC(OCC)C(=O)O)cc1)C(=O)Oc1cc(C)ccc1OC. The van der Waals surface area contributed by atoms with Crippen LogP contribution in [0.2, 0.25) is 0 Å². The molecule has 1 N–H and O–H groups in total. The number of aliphatic carboxylic acids is 1. The summed E-state index contributed by atoms with van der Waals surface area (Å²) in [5, 5.41) is 9.27. The van der Waals surface area contributed by atoms with Gasteiger partial charge in [0.25, 0.3) is 0 Å². The van der Waals surface area contributed by atoms with Gasteiger partial charge < -0.3 is 29.0 Å². The van der Waals surface area contributed by atoms with E-state index < -0.39 is 18.2 Å². The molecule has 0 aliphatic heterocycles. The number of hydrogen-bond acceptors (Lipinski definition) is 6. The number of nitrogens with zero attached hydrogens (tertiary/aromatic N) is 1. The van der Waals surface area contributed by atoms with E-state index in [-0.39, 0.29) is 6.42 Å². The van der Waals surface area contributed by atoms with Crippen LogP contribution in [0, 0.1) is 6.92 Å². The third-order valence-corrected chi connectivity index (χ3v) is 5.92. The van der Waals surface area contributed by atoms with E-state index in [1.54, 1.807) is 43.2 Å². The minimum Gasteiger partial charge on any atom is -0.493 e. The van der Waals surface area contributed by atoms with Crippen molar-refractivity contribution in [2.24, 2.45) is 0 Å². The van der Waals surface area contributed by atoms with Crippen LogP contribution in [0.3, 0.4) is 0 Å². The largest absolute Gasteiger partial charge is 0.493 e. The van der Waals surface area contributed by atoms with Gasteiger partial charge in [-0.1, -0.05) is 50.8 Å². The van der Waals surface area contributed by atoms with Crippen LogP contribution in [-0.2, 0) is 16.0 Å². The molecule has 8 heteroatoms. The van der Waals surface area contributed by atoms with Crippen molar-refractivity contribution >= 4 is 12.1 Å². The third kappa shape index (κ3) is 10.7. The highest BCUT2D eigenvalue weighted by Crippen LogP contribution is 2.28. The lowest BCUT2D eigenvalue weighted by molar-refractivity contribution is -0.149. The molecule has 204 valence electrons. The summed E-state index contributed by atoms with van der Waals surface area (Å²) in [7, 11) is 1.55. The minimum absolute atomic E-state index is 0.281. The van der Waals surface area contributed by atoms with Crippen molar-refractivity contribution < 1.29 is 33.6 Å². The van der Waals surface area contributed by atoms with Gasteiger partial charge in [0.2, 0.25) is 0 Å². The van der Waals surface area contributed by atoms with Crippen LogP contribution >= 0.6 is 0 Å². The highest BCUT2D eigenvalue weighted by molar-refractivity contribution is 5.73. The van der Waals surface area contributed by atoms with Crippen molar-refractivity contribution in [2.75, 3.05) is 33.4 Å². The average Bonchev–Trinajstić information content (AvgIpc) is 2.88. The molecule has 8 nitrogen and oxygen atoms in total. The highest BCUT2D eigenvalue weighted by Gasteiger charge is 2.19. The smallest absolute Gasteiger partial charge is 0.415 e. The first-order valence-corrected chi connectivity index (χ1v) is 13.0. The summed E-state index contributed by atoms with van der Waals surface area (Å²) in [6.45, 7) is 7.46. The maximum absolute atomic E-state index is 13.0. The van der Waals surface area contributed by atoms with Crippen LogP contribution in [0.15, 0.2) is 42.5 Å². The zero-order valence-electron chi connectivity index (χ0n) is 22.5. The fraction of sp³-hybridized carbons (Fsp3) is 0.517. The first-order chi connectivity index (χ1) is 17.9. The quantitative estimate of drug-likeness (QED) is 0.263. The van der Waals surface area contributed by atoms with Crippen molar-refractivity contribution in [2.45, 2.75) is 65.4 Å². The Bertz CT molecular complexity index is 961. The number of carboxylic acid groups (broad SMARTS) is 1. The van der Waals surface area contributed by atoms with E-state index in [2.05, 4.69) is 6.92 Å². The fourth-order valence-corrected chi connectivity index (χ4v) is 3.85. The van der Waals surface area contributed by atoms with Crippen LogP contribution in [0.25, 0.3) is 0 Å². The number of methoxy groups -OCH3 is 1. The summed E-state index contributed by atoms with van der Waals surface area (Å²) in [6, 6.07) is 12.7. The Kier molecular flexibility index (Phi) is 13.3. The number of ether oxygens (including phenoxy) is 4. The van der Waals surface area contributed by atoms with Gasteiger partial charge in [-0.15, -0.1) is 0 Å². The van der Waals surface area contributed by atoms with Crippen molar-refractivity contribution in [1.82, 2.24) is 4.90 Å². The molecule has 0 fully saturated rings. The lowest BCUT2D eigenvalue weighted by atomic mass is 10.1. The van der Waals surface area contributed by atoms with Gasteiger partial charge in [-0.25, -0.2) is 9.59 Å². The Morgan fingerprint density at radius 3 is 2.32 bits per heavy atom. The lowest BCUT2D eigenvalue weighted by Crippen LogP contribution is -2.37. The predicted octanol–water partition coefficient (Wildman–Crippen LogP) is 5.89. The average molecular weight is 516 g/mol. The summed E-state index contributed by atoms with van der Waals surface area (Å²) in [6.07, 6.45) is 4.39. The Morgan fingerprint density at radius 1 is 0.946 bits per heavy atom. The first-order valence-electron chi connectivity index (χ1n) is 13.0. The fourth-order valence-electron chi connectivity index (χ4n) is 3.85. The van der Waals surface area contributed by atoms with E-state index in [1.165, 1.54) is 6.42 Å². The summed E-state index contributed by atoms with van der Waals surface area (Å²) >= 11 is 0. The molecule has 37 heavy (non-hydrogen) atoms. The van der Waals surface area contributed by atoms with Gasteiger partial charge in [-0.3, -0.25) is 0 Å². The van der Waals surface area contributed by atoms with Gasteiger partial charge >= 0.3 is 12.1 Å². The van der Waals surface area contributed by atoms with Gasteiger partial charge in [-0.05, 0) is 55.7 Å². The Hall–Kier alpha value is -3.26. The monoisotopic (exact) mass is 515 g/mol. The molecule has 0 aromatic heterocycles. The van der Waals surface area contributed by atoms with Crippen molar-refractivity contribution in [3.63, 3.8) is 0 Å². The summed E-state index contributed by atoms with van der Waals surface area (Å²) < 4.78 is 22.2. The molecule has 0 bridgehead atoms. The molecule has 1 atom stereocenters. The standard InChI is InChI=1S/C29H41NO7/c1-5-7-8-9-10-17-30(29(33)37-26-20-22(3)11-16-25(26)34-4)18-19-36-24-14-12-23(13-15-24)21-27(28(31)32)35-6-2/h11-16,20,27H,5-10,17-19,21H2,1-4H3,(H,31,32). The molecule has 0 heterocycles. The van der Waals surface area contributed by atoms with Crippen LogP contribution < -0.4 is 14.2 Å². The van der Waals surface area contributed by atoms with Crippen LogP contribution in [0.1, 0.15) is 57.1 Å². The molecule has 0 radical (unpaired) electrons. The number of hydrogen-bond donors (Lipinski definition) is 1. The molecular formula is C29H41NO7. The summed E-state index contributed by atoms with van der Waals surface area (Å²) in [4.78, 5) is 26.0.